The van der Waals surface area contributed by atoms with E-state index in [4.69, 9.17) is 9.47 Å². The summed E-state index contributed by atoms with van der Waals surface area (Å²) in [4.78, 5) is 1.12. The molecule has 0 saturated carbocycles. The van der Waals surface area contributed by atoms with Crippen molar-refractivity contribution in [2.24, 2.45) is 0 Å². The van der Waals surface area contributed by atoms with E-state index < -0.39 is 0 Å². The number of hydrogen-bond donors (Lipinski definition) is 0. The summed E-state index contributed by atoms with van der Waals surface area (Å²) in [6, 6.07) is 14.5. The van der Waals surface area contributed by atoms with Crippen molar-refractivity contribution >= 4 is 11.3 Å². The summed E-state index contributed by atoms with van der Waals surface area (Å²) in [5.41, 5.74) is 2.28. The van der Waals surface area contributed by atoms with Crippen molar-refractivity contribution in [1.82, 2.24) is 4.57 Å². The van der Waals surface area contributed by atoms with Crippen molar-refractivity contribution in [3.05, 3.63) is 54.0 Å². The van der Waals surface area contributed by atoms with E-state index in [1.165, 1.54) is 0 Å². The molecule has 114 valence electrons. The quantitative estimate of drug-likeness (QED) is 0.664. The maximum absolute atomic E-state index is 5.78. The predicted molar refractivity (Wildman–Crippen MR) is 91.4 cm³/mol. The molecule has 0 bridgehead atoms. The monoisotopic (exact) mass is 313 g/mol. The normalized spacial score (nSPS) is 12.5. The van der Waals surface area contributed by atoms with Crippen molar-refractivity contribution in [3.63, 3.8) is 0 Å². The number of benzene rings is 1. The Bertz CT molecular complexity index is 731. The fraction of sp³-hybridized carbons (Fsp3) is 0.222. The average Bonchev–Trinajstić information content (AvgIpc) is 3.24. The van der Waals surface area contributed by atoms with E-state index in [-0.39, 0.29) is 0 Å². The molecule has 0 radical (unpaired) electrons. The van der Waals surface area contributed by atoms with Crippen LogP contribution in [0.25, 0.3) is 16.3 Å². The van der Waals surface area contributed by atoms with Crippen LogP contribution >= 0.6 is 11.3 Å². The lowest BCUT2D eigenvalue weighted by Crippen LogP contribution is -2.14. The van der Waals surface area contributed by atoms with Gasteiger partial charge in [0.05, 0.1) is 10.6 Å². The molecule has 1 aliphatic heterocycles. The molecule has 0 aliphatic carbocycles. The van der Waals surface area contributed by atoms with Gasteiger partial charge in [0.2, 0.25) is 0 Å². The molecule has 4 rings (SSSR count). The molecule has 0 spiro atoms. The number of para-hydroxylation sites is 1. The Labute approximate surface area is 134 Å². The van der Waals surface area contributed by atoms with Gasteiger partial charge in [0, 0.05) is 17.3 Å². The molecule has 3 heterocycles. The summed E-state index contributed by atoms with van der Waals surface area (Å²) in [5, 5.41) is 2.02. The highest BCUT2D eigenvalue weighted by Crippen LogP contribution is 2.46. The summed E-state index contributed by atoms with van der Waals surface area (Å²) >= 11 is 1.66. The van der Waals surface area contributed by atoms with Gasteiger partial charge in [0.15, 0.2) is 11.5 Å². The van der Waals surface area contributed by atoms with Crippen LogP contribution < -0.4 is 9.47 Å². The second-order valence-electron chi connectivity index (χ2n) is 4.55. The maximum Gasteiger partial charge on any atom is 0.181 e. The Morgan fingerprint density at radius 1 is 0.955 bits per heavy atom. The van der Waals surface area contributed by atoms with Gasteiger partial charge in [0.25, 0.3) is 0 Å². The smallest absolute Gasteiger partial charge is 0.181 e. The molecule has 3 aromatic rings. The zero-order chi connectivity index (χ0) is 15.4. The van der Waals surface area contributed by atoms with Crippen LogP contribution in [-0.4, -0.2) is 17.8 Å². The fourth-order valence-electron chi connectivity index (χ4n) is 2.42. The molecule has 22 heavy (non-hydrogen) atoms. The van der Waals surface area contributed by atoms with Crippen molar-refractivity contribution in [2.45, 2.75) is 13.8 Å². The van der Waals surface area contributed by atoms with E-state index in [0.29, 0.717) is 13.2 Å². The first-order valence-corrected chi connectivity index (χ1v) is 8.42. The minimum Gasteiger partial charge on any atom is -0.485 e. The van der Waals surface area contributed by atoms with E-state index in [1.54, 1.807) is 11.3 Å². The molecular weight excluding hydrogens is 294 g/mol. The highest BCUT2D eigenvalue weighted by atomic mass is 32.1. The SMILES string of the molecule is CC.c1ccc(-n2cccc2-c2scc3c2OCCO3)cc1. The van der Waals surface area contributed by atoms with Gasteiger partial charge in [-0.05, 0) is 24.3 Å². The first kappa shape index (κ1) is 14.7. The zero-order valence-electron chi connectivity index (χ0n) is 12.8. The summed E-state index contributed by atoms with van der Waals surface area (Å²) in [6.07, 6.45) is 2.07. The Hall–Kier alpha value is -2.20. The van der Waals surface area contributed by atoms with E-state index >= 15 is 0 Å². The third-order valence-corrected chi connectivity index (χ3v) is 4.28. The summed E-state index contributed by atoms with van der Waals surface area (Å²) in [7, 11) is 0. The van der Waals surface area contributed by atoms with Gasteiger partial charge in [-0.1, -0.05) is 32.0 Å². The van der Waals surface area contributed by atoms with Crippen LogP contribution in [0, 0.1) is 0 Å². The topological polar surface area (TPSA) is 23.4 Å². The van der Waals surface area contributed by atoms with Crippen LogP contribution in [0.4, 0.5) is 0 Å². The highest BCUT2D eigenvalue weighted by Gasteiger charge is 2.21. The Morgan fingerprint density at radius 2 is 1.73 bits per heavy atom. The maximum atomic E-state index is 5.78. The van der Waals surface area contributed by atoms with Gasteiger partial charge in [-0.15, -0.1) is 11.3 Å². The molecule has 0 atom stereocenters. The van der Waals surface area contributed by atoms with Gasteiger partial charge in [-0.2, -0.15) is 0 Å². The Balaban J connectivity index is 0.000000693. The number of nitrogens with zero attached hydrogens (tertiary/aromatic N) is 1. The van der Waals surface area contributed by atoms with Gasteiger partial charge in [-0.3, -0.25) is 0 Å². The fourth-order valence-corrected chi connectivity index (χ4v) is 3.37. The van der Waals surface area contributed by atoms with Crippen LogP contribution in [0.5, 0.6) is 11.5 Å². The number of ether oxygens (including phenoxy) is 2. The lowest BCUT2D eigenvalue weighted by Gasteiger charge is -2.16. The highest BCUT2D eigenvalue weighted by molar-refractivity contribution is 7.14. The van der Waals surface area contributed by atoms with Gasteiger partial charge in [0.1, 0.15) is 13.2 Å². The molecular formula is C18H19NO2S. The number of aromatic nitrogens is 1. The van der Waals surface area contributed by atoms with Crippen LogP contribution in [0.2, 0.25) is 0 Å². The van der Waals surface area contributed by atoms with Crippen LogP contribution in [0.1, 0.15) is 13.8 Å². The molecule has 0 unspecified atom stereocenters. The van der Waals surface area contributed by atoms with Crippen LogP contribution in [-0.2, 0) is 0 Å². The van der Waals surface area contributed by atoms with E-state index in [9.17, 15) is 0 Å². The Morgan fingerprint density at radius 3 is 2.55 bits per heavy atom. The van der Waals surface area contributed by atoms with Crippen LogP contribution in [0.15, 0.2) is 54.0 Å². The lowest BCUT2D eigenvalue weighted by molar-refractivity contribution is 0.174. The molecule has 0 saturated heterocycles. The number of hydrogen-bond acceptors (Lipinski definition) is 3. The number of fused-ring (bicyclic) bond motifs is 1. The molecule has 3 nitrogen and oxygen atoms in total. The molecule has 1 aromatic carbocycles. The standard InChI is InChI=1S/C16H13NO2S.C2H6/c1-2-5-12(6-3-1)17-8-4-7-13(17)16-15-14(11-20-16)18-9-10-19-15;1-2/h1-8,11H,9-10H2;1-2H3. The van der Waals surface area contributed by atoms with Gasteiger partial charge >= 0.3 is 0 Å². The Kier molecular flexibility index (Phi) is 4.49. The summed E-state index contributed by atoms with van der Waals surface area (Å²) < 4.78 is 13.6. The molecule has 0 fully saturated rings. The van der Waals surface area contributed by atoms with Gasteiger partial charge in [-0.25, -0.2) is 0 Å². The molecule has 1 aliphatic rings. The molecule has 4 heteroatoms. The van der Waals surface area contributed by atoms with Crippen molar-refractivity contribution < 1.29 is 9.47 Å². The third kappa shape index (κ3) is 2.62. The van der Waals surface area contributed by atoms with E-state index in [2.05, 4.69) is 35.0 Å². The molecule has 2 aromatic heterocycles. The molecule has 0 N–H and O–H groups in total. The lowest BCUT2D eigenvalue weighted by atomic mass is 10.2. The van der Waals surface area contributed by atoms with E-state index in [0.717, 1.165) is 27.8 Å². The van der Waals surface area contributed by atoms with Crippen molar-refractivity contribution in [1.29, 1.82) is 0 Å². The second kappa shape index (κ2) is 6.71. The third-order valence-electron chi connectivity index (χ3n) is 3.32. The minimum absolute atomic E-state index is 0.614. The van der Waals surface area contributed by atoms with Crippen molar-refractivity contribution in [2.75, 3.05) is 13.2 Å². The zero-order valence-corrected chi connectivity index (χ0v) is 13.6. The summed E-state index contributed by atoms with van der Waals surface area (Å²) in [6.45, 7) is 5.24. The number of thiophene rings is 1. The predicted octanol–water partition coefficient (Wildman–Crippen LogP) is 5.00. The molecule has 0 amide bonds. The summed E-state index contributed by atoms with van der Waals surface area (Å²) in [5.74, 6) is 1.73. The minimum atomic E-state index is 0.614. The first-order valence-electron chi connectivity index (χ1n) is 7.54. The first-order chi connectivity index (χ1) is 10.9. The van der Waals surface area contributed by atoms with Crippen LogP contribution in [0.3, 0.4) is 0 Å². The van der Waals surface area contributed by atoms with Crippen molar-refractivity contribution in [3.8, 4) is 27.8 Å². The number of rotatable bonds is 2. The largest absolute Gasteiger partial charge is 0.485 e. The van der Waals surface area contributed by atoms with E-state index in [1.807, 2.05) is 37.4 Å². The second-order valence-corrected chi connectivity index (χ2v) is 5.43. The van der Waals surface area contributed by atoms with Gasteiger partial charge < -0.3 is 14.0 Å². The average molecular weight is 313 g/mol.